The van der Waals surface area contributed by atoms with E-state index in [9.17, 15) is 0 Å². The van der Waals surface area contributed by atoms with Crippen LogP contribution in [-0.2, 0) is 0 Å². The first-order valence-corrected chi connectivity index (χ1v) is 16.2. The third-order valence-electron chi connectivity index (χ3n) is 9.83. The highest BCUT2D eigenvalue weighted by Crippen LogP contribution is 2.48. The zero-order valence-corrected chi connectivity index (χ0v) is 25.6. The topological polar surface area (TPSA) is 13.1 Å². The standard InChI is InChI=1S/C46H28O/c1-2-13-30(14-3-1)41-27-32(28-42-40-26-25-31-16-5-7-19-34(31)45(40)47-46(41)42)43-36-20-8-10-22-38(36)44(39-23-11-9-21-37(39)43)35-24-12-17-29-15-4-6-18-33(29)35/h1-28H. The first-order chi connectivity index (χ1) is 23.3. The van der Waals surface area contributed by atoms with Crippen LogP contribution in [0.5, 0.6) is 0 Å². The molecule has 0 atom stereocenters. The summed E-state index contributed by atoms with van der Waals surface area (Å²) in [6, 6.07) is 61.5. The van der Waals surface area contributed by atoms with E-state index in [1.54, 1.807) is 0 Å². The van der Waals surface area contributed by atoms with Crippen LogP contribution >= 0.6 is 0 Å². The molecule has 0 saturated carbocycles. The molecule has 0 radical (unpaired) electrons. The van der Waals surface area contributed by atoms with Gasteiger partial charge in [-0.05, 0) is 83.7 Å². The highest BCUT2D eigenvalue weighted by molar-refractivity contribution is 6.25. The van der Waals surface area contributed by atoms with Gasteiger partial charge in [0, 0.05) is 21.7 Å². The molecule has 1 nitrogen and oxygen atoms in total. The number of fused-ring (bicyclic) bond motifs is 8. The van der Waals surface area contributed by atoms with E-state index in [2.05, 4.69) is 170 Å². The smallest absolute Gasteiger partial charge is 0.143 e. The second kappa shape index (κ2) is 10.2. The summed E-state index contributed by atoms with van der Waals surface area (Å²) in [5.41, 5.74) is 9.07. The van der Waals surface area contributed by atoms with Crippen LogP contribution in [0, 0.1) is 0 Å². The molecule has 218 valence electrons. The predicted molar refractivity (Wildman–Crippen MR) is 200 cm³/mol. The van der Waals surface area contributed by atoms with E-state index in [-0.39, 0.29) is 0 Å². The van der Waals surface area contributed by atoms with Crippen molar-refractivity contribution in [3.8, 4) is 33.4 Å². The number of benzene rings is 9. The minimum absolute atomic E-state index is 0.923. The molecule has 1 heteroatoms. The monoisotopic (exact) mass is 596 g/mol. The van der Waals surface area contributed by atoms with Crippen molar-refractivity contribution in [1.82, 2.24) is 0 Å². The quantitative estimate of drug-likeness (QED) is 0.185. The van der Waals surface area contributed by atoms with Crippen LogP contribution in [0.25, 0.3) is 98.4 Å². The van der Waals surface area contributed by atoms with Crippen LogP contribution in [0.3, 0.4) is 0 Å². The lowest BCUT2D eigenvalue weighted by molar-refractivity contribution is 0.674. The summed E-state index contributed by atoms with van der Waals surface area (Å²) in [6.07, 6.45) is 0. The minimum Gasteiger partial charge on any atom is -0.455 e. The zero-order chi connectivity index (χ0) is 30.9. The van der Waals surface area contributed by atoms with Gasteiger partial charge in [0.1, 0.15) is 11.2 Å². The molecule has 1 heterocycles. The summed E-state index contributed by atoms with van der Waals surface area (Å²) in [6.45, 7) is 0. The van der Waals surface area contributed by atoms with Crippen molar-refractivity contribution >= 4 is 65.0 Å². The maximum Gasteiger partial charge on any atom is 0.143 e. The van der Waals surface area contributed by atoms with Crippen molar-refractivity contribution in [2.75, 3.05) is 0 Å². The van der Waals surface area contributed by atoms with Gasteiger partial charge in [-0.2, -0.15) is 0 Å². The Morgan fingerprint density at radius 3 is 1.53 bits per heavy atom. The third-order valence-corrected chi connectivity index (χ3v) is 9.83. The zero-order valence-electron chi connectivity index (χ0n) is 25.6. The van der Waals surface area contributed by atoms with Gasteiger partial charge in [-0.25, -0.2) is 0 Å². The Morgan fingerprint density at radius 2 is 0.830 bits per heavy atom. The SMILES string of the molecule is c1ccc(-c2cc(-c3c4ccccc4c(-c4cccc5ccccc45)c4ccccc34)cc3c2oc2c4ccccc4ccc32)cc1. The fraction of sp³-hybridized carbons (Fsp3) is 0. The van der Waals surface area contributed by atoms with Crippen molar-refractivity contribution < 1.29 is 4.42 Å². The van der Waals surface area contributed by atoms with Crippen LogP contribution in [0.1, 0.15) is 0 Å². The van der Waals surface area contributed by atoms with Crippen LogP contribution < -0.4 is 0 Å². The van der Waals surface area contributed by atoms with Gasteiger partial charge >= 0.3 is 0 Å². The molecule has 0 aliphatic carbocycles. The number of rotatable bonds is 3. The molecule has 0 spiro atoms. The van der Waals surface area contributed by atoms with Gasteiger partial charge in [-0.1, -0.05) is 152 Å². The second-order valence-corrected chi connectivity index (χ2v) is 12.4. The van der Waals surface area contributed by atoms with Gasteiger partial charge in [-0.15, -0.1) is 0 Å². The van der Waals surface area contributed by atoms with Crippen LogP contribution in [-0.4, -0.2) is 0 Å². The summed E-state index contributed by atoms with van der Waals surface area (Å²) >= 11 is 0. The van der Waals surface area contributed by atoms with Crippen molar-refractivity contribution in [3.63, 3.8) is 0 Å². The summed E-state index contributed by atoms with van der Waals surface area (Å²) < 4.78 is 6.83. The number of hydrogen-bond donors (Lipinski definition) is 0. The Morgan fingerprint density at radius 1 is 0.277 bits per heavy atom. The number of hydrogen-bond acceptors (Lipinski definition) is 1. The molecule has 9 aromatic carbocycles. The highest BCUT2D eigenvalue weighted by atomic mass is 16.3. The van der Waals surface area contributed by atoms with Crippen LogP contribution in [0.4, 0.5) is 0 Å². The molecule has 0 saturated heterocycles. The van der Waals surface area contributed by atoms with E-state index in [1.807, 2.05) is 0 Å². The molecule has 0 N–H and O–H groups in total. The third kappa shape index (κ3) is 3.90. The molecular weight excluding hydrogens is 569 g/mol. The lowest BCUT2D eigenvalue weighted by Crippen LogP contribution is -1.92. The Hall–Kier alpha value is -6.18. The van der Waals surface area contributed by atoms with Crippen LogP contribution in [0.15, 0.2) is 174 Å². The average molecular weight is 597 g/mol. The van der Waals surface area contributed by atoms with Gasteiger partial charge < -0.3 is 4.42 Å². The maximum atomic E-state index is 6.83. The van der Waals surface area contributed by atoms with Crippen LogP contribution in [0.2, 0.25) is 0 Å². The molecular formula is C46H28O. The summed E-state index contributed by atoms with van der Waals surface area (Å²) in [4.78, 5) is 0. The molecule has 10 aromatic rings. The number of furan rings is 1. The summed E-state index contributed by atoms with van der Waals surface area (Å²) in [7, 11) is 0. The molecule has 47 heavy (non-hydrogen) atoms. The molecule has 0 bridgehead atoms. The lowest BCUT2D eigenvalue weighted by Gasteiger charge is -2.19. The van der Waals surface area contributed by atoms with E-state index >= 15 is 0 Å². The van der Waals surface area contributed by atoms with Crippen molar-refractivity contribution in [1.29, 1.82) is 0 Å². The second-order valence-electron chi connectivity index (χ2n) is 12.4. The Bertz CT molecular complexity index is 2780. The van der Waals surface area contributed by atoms with Gasteiger partial charge in [0.25, 0.3) is 0 Å². The first-order valence-electron chi connectivity index (χ1n) is 16.2. The van der Waals surface area contributed by atoms with Crippen molar-refractivity contribution in [2.24, 2.45) is 0 Å². The predicted octanol–water partition coefficient (Wildman–Crippen LogP) is 13.2. The molecule has 0 aliphatic heterocycles. The molecule has 0 amide bonds. The van der Waals surface area contributed by atoms with Gasteiger partial charge in [0.15, 0.2) is 0 Å². The van der Waals surface area contributed by atoms with Gasteiger partial charge in [0.05, 0.1) is 0 Å². The van der Waals surface area contributed by atoms with E-state index < -0.39 is 0 Å². The fourth-order valence-electron chi connectivity index (χ4n) is 7.76. The van der Waals surface area contributed by atoms with Gasteiger partial charge in [0.2, 0.25) is 0 Å². The molecule has 0 fully saturated rings. The summed E-state index contributed by atoms with van der Waals surface area (Å²) in [5.74, 6) is 0. The molecule has 0 aliphatic rings. The van der Waals surface area contributed by atoms with E-state index in [0.29, 0.717) is 0 Å². The van der Waals surface area contributed by atoms with Gasteiger partial charge in [-0.3, -0.25) is 0 Å². The Labute approximate surface area is 271 Å². The molecule has 10 rings (SSSR count). The van der Waals surface area contributed by atoms with E-state index in [1.165, 1.54) is 60.0 Å². The Balaban J connectivity index is 1.36. The molecule has 1 aromatic heterocycles. The fourth-order valence-corrected chi connectivity index (χ4v) is 7.76. The van der Waals surface area contributed by atoms with Crippen molar-refractivity contribution in [3.05, 3.63) is 170 Å². The molecule has 0 unspecified atom stereocenters. The van der Waals surface area contributed by atoms with Crippen molar-refractivity contribution in [2.45, 2.75) is 0 Å². The summed E-state index contributed by atoms with van der Waals surface area (Å²) in [5, 5.41) is 12.1. The normalized spacial score (nSPS) is 11.8. The maximum absolute atomic E-state index is 6.83. The average Bonchev–Trinajstić information content (AvgIpc) is 3.53. The first kappa shape index (κ1) is 26.1. The van der Waals surface area contributed by atoms with E-state index in [4.69, 9.17) is 4.42 Å². The highest BCUT2D eigenvalue weighted by Gasteiger charge is 2.21. The van der Waals surface area contributed by atoms with E-state index in [0.717, 1.165) is 38.5 Å². The Kier molecular flexibility index (Phi) is 5.64. The largest absolute Gasteiger partial charge is 0.455 e. The minimum atomic E-state index is 0.923. The lowest BCUT2D eigenvalue weighted by atomic mass is 9.84.